The minimum Gasteiger partial charge on any atom is -0.392 e. The van der Waals surface area contributed by atoms with E-state index in [4.69, 9.17) is 0 Å². The van der Waals surface area contributed by atoms with E-state index < -0.39 is 0 Å². The normalized spacial score (nSPS) is 22.2. The summed E-state index contributed by atoms with van der Waals surface area (Å²) in [4.78, 5) is 2.15. The Balaban J connectivity index is 2.46. The largest absolute Gasteiger partial charge is 0.392 e. The maximum Gasteiger partial charge on any atom is 0.0640 e. The van der Waals surface area contributed by atoms with Gasteiger partial charge >= 0.3 is 0 Å². The predicted octanol–water partition coefficient (Wildman–Crippen LogP) is 2.21. The lowest BCUT2D eigenvalue weighted by molar-refractivity contribution is 0.130. The zero-order chi connectivity index (χ0) is 11.3. The van der Waals surface area contributed by atoms with E-state index in [0.29, 0.717) is 0 Å². The van der Waals surface area contributed by atoms with Crippen LogP contribution in [0.2, 0.25) is 0 Å². The molecule has 2 nitrogen and oxygen atoms in total. The molecule has 0 bridgehead atoms. The predicted molar refractivity (Wildman–Crippen MR) is 64.8 cm³/mol. The summed E-state index contributed by atoms with van der Waals surface area (Å²) in [6, 6.07) is 0. The Bertz CT molecular complexity index is 243. The maximum atomic E-state index is 10.1. The molecule has 0 radical (unpaired) electrons. The fraction of sp³-hybridized carbons (Fsp3) is 0.692. The highest BCUT2D eigenvalue weighted by Gasteiger charge is 2.22. The fourth-order valence-electron chi connectivity index (χ4n) is 2.03. The van der Waals surface area contributed by atoms with Crippen molar-refractivity contribution in [3.05, 3.63) is 23.8 Å². The first kappa shape index (κ1) is 12.5. The van der Waals surface area contributed by atoms with Gasteiger partial charge in [0.2, 0.25) is 0 Å². The van der Waals surface area contributed by atoms with Gasteiger partial charge in [-0.25, -0.2) is 0 Å². The number of aliphatic hydroxyl groups excluding tert-OH is 1. The molecule has 2 atom stereocenters. The van der Waals surface area contributed by atoms with Crippen molar-refractivity contribution in [2.45, 2.75) is 32.3 Å². The smallest absolute Gasteiger partial charge is 0.0640 e. The summed E-state index contributed by atoms with van der Waals surface area (Å²) in [6.07, 6.45) is 9.31. The molecule has 0 aliphatic heterocycles. The van der Waals surface area contributed by atoms with Gasteiger partial charge in [0.25, 0.3) is 0 Å². The first-order valence-corrected chi connectivity index (χ1v) is 5.85. The zero-order valence-electron chi connectivity index (χ0n) is 10.1. The standard InChI is InChI=1S/C13H23NO/c1-4-5-9-13(15)12-8-6-7-11(12)10-14(2)3/h6-8,12-13,15H,4-5,9-10H2,1-3H3/t12?,13-/m0/s1. The summed E-state index contributed by atoms with van der Waals surface area (Å²) in [5.74, 6) is 0.249. The number of allylic oxidation sites excluding steroid dienone is 2. The van der Waals surface area contributed by atoms with Gasteiger partial charge in [-0.05, 0) is 26.1 Å². The molecular weight excluding hydrogens is 186 g/mol. The topological polar surface area (TPSA) is 23.5 Å². The summed E-state index contributed by atoms with van der Waals surface area (Å²) < 4.78 is 0. The van der Waals surface area contributed by atoms with E-state index in [1.54, 1.807) is 0 Å². The third-order valence-corrected chi connectivity index (χ3v) is 2.82. The van der Waals surface area contributed by atoms with Crippen molar-refractivity contribution in [2.24, 2.45) is 5.92 Å². The fourth-order valence-corrected chi connectivity index (χ4v) is 2.03. The molecule has 0 aromatic heterocycles. The number of unbranched alkanes of at least 4 members (excludes halogenated alkanes) is 1. The van der Waals surface area contributed by atoms with Crippen LogP contribution in [0.1, 0.15) is 26.2 Å². The van der Waals surface area contributed by atoms with Gasteiger partial charge in [-0.2, -0.15) is 0 Å². The van der Waals surface area contributed by atoms with Gasteiger partial charge in [-0.15, -0.1) is 0 Å². The van der Waals surface area contributed by atoms with Gasteiger partial charge in [0.15, 0.2) is 0 Å². The first-order valence-electron chi connectivity index (χ1n) is 5.85. The Labute approximate surface area is 93.3 Å². The average molecular weight is 209 g/mol. The van der Waals surface area contributed by atoms with Crippen molar-refractivity contribution in [3.63, 3.8) is 0 Å². The third-order valence-electron chi connectivity index (χ3n) is 2.82. The van der Waals surface area contributed by atoms with Crippen molar-refractivity contribution in [2.75, 3.05) is 20.6 Å². The first-order chi connectivity index (χ1) is 7.15. The monoisotopic (exact) mass is 209 g/mol. The van der Waals surface area contributed by atoms with Gasteiger partial charge in [0.05, 0.1) is 6.10 Å². The number of likely N-dealkylation sites (N-methyl/N-ethyl adjacent to an activating group) is 1. The summed E-state index contributed by atoms with van der Waals surface area (Å²) >= 11 is 0. The van der Waals surface area contributed by atoms with E-state index in [0.717, 1.165) is 25.8 Å². The lowest BCUT2D eigenvalue weighted by Gasteiger charge is -2.22. The quantitative estimate of drug-likeness (QED) is 0.725. The molecule has 86 valence electrons. The number of nitrogens with zero attached hydrogens (tertiary/aromatic N) is 1. The SMILES string of the molecule is CCCC[C@H](O)C1C=CC=C1CN(C)C. The molecule has 1 N–H and O–H groups in total. The highest BCUT2D eigenvalue weighted by molar-refractivity contribution is 5.29. The number of aliphatic hydroxyl groups is 1. The van der Waals surface area contributed by atoms with Crippen LogP contribution >= 0.6 is 0 Å². The van der Waals surface area contributed by atoms with Crippen LogP contribution in [0.5, 0.6) is 0 Å². The molecule has 0 aromatic carbocycles. The molecule has 1 aliphatic carbocycles. The molecule has 1 unspecified atom stereocenters. The van der Waals surface area contributed by atoms with Gasteiger partial charge in [0, 0.05) is 12.5 Å². The minimum absolute atomic E-state index is 0.199. The van der Waals surface area contributed by atoms with Crippen LogP contribution in [0.15, 0.2) is 23.8 Å². The van der Waals surface area contributed by atoms with Crippen molar-refractivity contribution < 1.29 is 5.11 Å². The molecule has 15 heavy (non-hydrogen) atoms. The summed E-state index contributed by atoms with van der Waals surface area (Å²) in [6.45, 7) is 3.11. The van der Waals surface area contributed by atoms with Crippen LogP contribution in [0, 0.1) is 5.92 Å². The second kappa shape index (κ2) is 6.09. The van der Waals surface area contributed by atoms with Crippen LogP contribution in [0.3, 0.4) is 0 Å². The Morgan fingerprint density at radius 2 is 2.20 bits per heavy atom. The molecule has 0 heterocycles. The van der Waals surface area contributed by atoms with Gasteiger partial charge in [-0.1, -0.05) is 38.0 Å². The van der Waals surface area contributed by atoms with E-state index >= 15 is 0 Å². The van der Waals surface area contributed by atoms with Crippen LogP contribution in [0.4, 0.5) is 0 Å². The highest BCUT2D eigenvalue weighted by Crippen LogP contribution is 2.25. The number of hydrogen-bond donors (Lipinski definition) is 1. The third kappa shape index (κ3) is 3.80. The van der Waals surface area contributed by atoms with E-state index in [2.05, 4.69) is 44.1 Å². The summed E-state index contributed by atoms with van der Waals surface area (Å²) in [5.41, 5.74) is 1.34. The van der Waals surface area contributed by atoms with Gasteiger partial charge in [0.1, 0.15) is 0 Å². The number of hydrogen-bond acceptors (Lipinski definition) is 2. The lowest BCUT2D eigenvalue weighted by Crippen LogP contribution is -2.25. The van der Waals surface area contributed by atoms with Crippen LogP contribution in [-0.2, 0) is 0 Å². The average Bonchev–Trinajstić information content (AvgIpc) is 2.61. The van der Waals surface area contributed by atoms with Crippen molar-refractivity contribution in [1.29, 1.82) is 0 Å². The lowest BCUT2D eigenvalue weighted by atomic mass is 9.92. The zero-order valence-corrected chi connectivity index (χ0v) is 10.1. The van der Waals surface area contributed by atoms with E-state index in [1.165, 1.54) is 5.57 Å². The summed E-state index contributed by atoms with van der Waals surface area (Å²) in [7, 11) is 4.13. The van der Waals surface area contributed by atoms with E-state index in [9.17, 15) is 5.11 Å². The van der Waals surface area contributed by atoms with Crippen molar-refractivity contribution in [1.82, 2.24) is 4.90 Å². The molecule has 2 heteroatoms. The molecular formula is C13H23NO. The Kier molecular flexibility index (Phi) is 5.06. The molecule has 0 fully saturated rings. The molecule has 1 aliphatic rings. The van der Waals surface area contributed by atoms with Crippen LogP contribution < -0.4 is 0 Å². The van der Waals surface area contributed by atoms with E-state index in [1.807, 2.05) is 0 Å². The Morgan fingerprint density at radius 1 is 1.47 bits per heavy atom. The van der Waals surface area contributed by atoms with Crippen molar-refractivity contribution in [3.8, 4) is 0 Å². The number of rotatable bonds is 6. The molecule has 0 saturated heterocycles. The molecule has 0 amide bonds. The minimum atomic E-state index is -0.199. The summed E-state index contributed by atoms with van der Waals surface area (Å²) in [5, 5.41) is 10.1. The molecule has 1 rings (SSSR count). The molecule has 0 spiro atoms. The van der Waals surface area contributed by atoms with Crippen LogP contribution in [0.25, 0.3) is 0 Å². The second-order valence-corrected chi connectivity index (χ2v) is 4.60. The van der Waals surface area contributed by atoms with Crippen molar-refractivity contribution >= 4 is 0 Å². The van der Waals surface area contributed by atoms with Gasteiger partial charge in [-0.3, -0.25) is 0 Å². The molecule has 0 aromatic rings. The molecule has 0 saturated carbocycles. The highest BCUT2D eigenvalue weighted by atomic mass is 16.3. The Morgan fingerprint density at radius 3 is 2.80 bits per heavy atom. The van der Waals surface area contributed by atoms with Crippen LogP contribution in [-0.4, -0.2) is 36.8 Å². The van der Waals surface area contributed by atoms with E-state index in [-0.39, 0.29) is 12.0 Å². The maximum absolute atomic E-state index is 10.1. The Hall–Kier alpha value is -0.600. The van der Waals surface area contributed by atoms with Gasteiger partial charge < -0.3 is 10.0 Å². The second-order valence-electron chi connectivity index (χ2n) is 4.60.